The van der Waals surface area contributed by atoms with Crippen LogP contribution in [-0.2, 0) is 0 Å². The maximum absolute atomic E-state index is 14.2. The molecular weight excluding hydrogens is 397 g/mol. The molecule has 31 heavy (non-hydrogen) atoms. The molecule has 8 heteroatoms. The molecule has 1 unspecified atom stereocenters. The van der Waals surface area contributed by atoms with Crippen molar-refractivity contribution in [2.45, 2.75) is 31.9 Å². The number of nitrogens with zero attached hydrogens (tertiary/aromatic N) is 3. The summed E-state index contributed by atoms with van der Waals surface area (Å²) in [6, 6.07) is 6.90. The van der Waals surface area contributed by atoms with Gasteiger partial charge in [-0.1, -0.05) is 18.2 Å². The van der Waals surface area contributed by atoms with Crippen molar-refractivity contribution in [3.63, 3.8) is 0 Å². The zero-order valence-corrected chi connectivity index (χ0v) is 17.2. The Morgan fingerprint density at radius 2 is 2.06 bits per heavy atom. The van der Waals surface area contributed by atoms with Crippen LogP contribution in [0.1, 0.15) is 37.5 Å². The van der Waals surface area contributed by atoms with Crippen LogP contribution in [0.4, 0.5) is 10.2 Å². The Labute approximate surface area is 179 Å². The Kier molecular flexibility index (Phi) is 5.07. The van der Waals surface area contributed by atoms with Crippen LogP contribution in [0.25, 0.3) is 22.1 Å². The van der Waals surface area contributed by atoms with Crippen LogP contribution in [0.15, 0.2) is 53.5 Å². The van der Waals surface area contributed by atoms with Gasteiger partial charge in [-0.2, -0.15) is 5.10 Å². The van der Waals surface area contributed by atoms with Crippen LogP contribution in [0, 0.1) is 5.82 Å². The molecule has 7 nitrogen and oxygen atoms in total. The molecule has 160 valence electrons. The number of pyridine rings is 1. The number of nitrogen functional groups attached to an aromatic ring is 1. The quantitative estimate of drug-likeness (QED) is 0.494. The summed E-state index contributed by atoms with van der Waals surface area (Å²) in [7, 11) is 0. The molecule has 1 atom stereocenters. The molecule has 1 saturated heterocycles. The minimum Gasteiger partial charge on any atom is -0.478 e. The topological polar surface area (TPSA) is 91.1 Å². The van der Waals surface area contributed by atoms with Gasteiger partial charge in [-0.15, -0.1) is 0 Å². The monoisotopic (exact) mass is 421 g/mol. The highest BCUT2D eigenvalue weighted by atomic mass is 19.1. The molecule has 0 bridgehead atoms. The first kappa shape index (κ1) is 19.6. The first-order valence-electron chi connectivity index (χ1n) is 10.4. The average molecular weight is 421 g/mol. The van der Waals surface area contributed by atoms with Crippen LogP contribution >= 0.6 is 0 Å². The van der Waals surface area contributed by atoms with Gasteiger partial charge in [-0.05, 0) is 38.9 Å². The molecule has 4 aromatic rings. The van der Waals surface area contributed by atoms with Crippen molar-refractivity contribution in [3.05, 3.63) is 60.5 Å². The van der Waals surface area contributed by atoms with E-state index in [0.29, 0.717) is 22.9 Å². The first-order chi connectivity index (χ1) is 15.1. The van der Waals surface area contributed by atoms with Gasteiger partial charge in [-0.25, -0.2) is 9.37 Å². The zero-order valence-electron chi connectivity index (χ0n) is 17.2. The second kappa shape index (κ2) is 8.03. The standard InChI is InChI=1S/C23H24FN5O2/c1-14(17-4-2-3-5-20(17)24)31-22-21-18(11-27-23(22)25)19(13-30-21)15-10-28-29(12-15)16-6-8-26-9-7-16/h2-5,10-14,16,26H,6-9H2,1H3,(H2,25,27). The third-order valence-electron chi connectivity index (χ3n) is 5.83. The highest BCUT2D eigenvalue weighted by Gasteiger charge is 2.22. The molecule has 1 fully saturated rings. The van der Waals surface area contributed by atoms with E-state index in [2.05, 4.69) is 15.4 Å². The third kappa shape index (κ3) is 3.63. The number of fused-ring (bicyclic) bond motifs is 1. The van der Waals surface area contributed by atoms with Crippen LogP contribution in [-0.4, -0.2) is 27.9 Å². The molecule has 1 aliphatic heterocycles. The number of aromatic nitrogens is 3. The maximum Gasteiger partial charge on any atom is 0.205 e. The Morgan fingerprint density at radius 3 is 2.87 bits per heavy atom. The van der Waals surface area contributed by atoms with Crippen molar-refractivity contribution in [1.82, 2.24) is 20.1 Å². The highest BCUT2D eigenvalue weighted by Crippen LogP contribution is 2.39. The summed E-state index contributed by atoms with van der Waals surface area (Å²) in [6.45, 7) is 3.76. The molecule has 0 aliphatic carbocycles. The van der Waals surface area contributed by atoms with Gasteiger partial charge in [0.2, 0.25) is 5.75 Å². The maximum atomic E-state index is 14.2. The van der Waals surface area contributed by atoms with Gasteiger partial charge in [0.25, 0.3) is 0 Å². The lowest BCUT2D eigenvalue weighted by Gasteiger charge is -2.22. The molecular formula is C23H24FN5O2. The Balaban J connectivity index is 1.48. The van der Waals surface area contributed by atoms with E-state index in [0.717, 1.165) is 42.4 Å². The fourth-order valence-corrected chi connectivity index (χ4v) is 4.11. The third-order valence-corrected chi connectivity index (χ3v) is 5.83. The number of rotatable bonds is 5. The number of halogens is 1. The lowest BCUT2D eigenvalue weighted by atomic mass is 10.1. The Hall–Kier alpha value is -3.39. The number of hydrogen-bond donors (Lipinski definition) is 2. The van der Waals surface area contributed by atoms with E-state index in [1.807, 2.05) is 17.1 Å². The molecule has 1 aliphatic rings. The lowest BCUT2D eigenvalue weighted by Crippen LogP contribution is -2.29. The van der Waals surface area contributed by atoms with E-state index < -0.39 is 6.10 Å². The van der Waals surface area contributed by atoms with E-state index in [1.165, 1.54) is 6.07 Å². The number of nitrogens with two attached hydrogens (primary N) is 1. The van der Waals surface area contributed by atoms with Gasteiger partial charge >= 0.3 is 0 Å². The number of piperidine rings is 1. The van der Waals surface area contributed by atoms with Gasteiger partial charge in [0.05, 0.1) is 17.6 Å². The molecule has 3 N–H and O–H groups in total. The summed E-state index contributed by atoms with van der Waals surface area (Å²) in [5.41, 5.74) is 8.82. The van der Waals surface area contributed by atoms with E-state index in [4.69, 9.17) is 14.9 Å². The van der Waals surface area contributed by atoms with Crippen molar-refractivity contribution < 1.29 is 13.5 Å². The number of benzene rings is 1. The SMILES string of the molecule is CC(Oc1c(N)ncc2c(-c3cnn(C4CCNCC4)c3)coc12)c1ccccc1F. The molecule has 1 aromatic carbocycles. The predicted molar refractivity (Wildman–Crippen MR) is 116 cm³/mol. The van der Waals surface area contributed by atoms with Gasteiger partial charge in [0, 0.05) is 29.1 Å². The van der Waals surface area contributed by atoms with Crippen LogP contribution < -0.4 is 15.8 Å². The van der Waals surface area contributed by atoms with Crippen molar-refractivity contribution >= 4 is 16.8 Å². The minimum atomic E-state index is -0.563. The van der Waals surface area contributed by atoms with Crippen LogP contribution in [0.2, 0.25) is 0 Å². The smallest absolute Gasteiger partial charge is 0.205 e. The van der Waals surface area contributed by atoms with Crippen LogP contribution in [0.3, 0.4) is 0 Å². The number of furan rings is 1. The molecule has 4 heterocycles. The Bertz CT molecular complexity index is 1210. The second-order valence-electron chi connectivity index (χ2n) is 7.84. The van der Waals surface area contributed by atoms with Gasteiger partial charge in [-0.3, -0.25) is 4.68 Å². The van der Waals surface area contributed by atoms with E-state index in [1.54, 1.807) is 37.6 Å². The van der Waals surface area contributed by atoms with Crippen molar-refractivity contribution in [2.75, 3.05) is 18.8 Å². The fraction of sp³-hybridized carbons (Fsp3) is 0.304. The number of anilines is 1. The van der Waals surface area contributed by atoms with E-state index >= 15 is 0 Å². The molecule has 0 spiro atoms. The van der Waals surface area contributed by atoms with Crippen molar-refractivity contribution in [3.8, 4) is 16.9 Å². The summed E-state index contributed by atoms with van der Waals surface area (Å²) >= 11 is 0. The minimum absolute atomic E-state index is 0.196. The summed E-state index contributed by atoms with van der Waals surface area (Å²) in [4.78, 5) is 4.30. The molecule has 0 amide bonds. The summed E-state index contributed by atoms with van der Waals surface area (Å²) in [5.74, 6) is 0.173. The van der Waals surface area contributed by atoms with E-state index in [-0.39, 0.29) is 11.6 Å². The fourth-order valence-electron chi connectivity index (χ4n) is 4.11. The Morgan fingerprint density at radius 1 is 1.26 bits per heavy atom. The molecule has 3 aromatic heterocycles. The number of hydrogen-bond acceptors (Lipinski definition) is 6. The average Bonchev–Trinajstić information content (AvgIpc) is 3.44. The van der Waals surface area contributed by atoms with Gasteiger partial charge in [0.1, 0.15) is 18.2 Å². The van der Waals surface area contributed by atoms with Gasteiger partial charge < -0.3 is 20.2 Å². The first-order valence-corrected chi connectivity index (χ1v) is 10.4. The number of ether oxygens (including phenoxy) is 1. The lowest BCUT2D eigenvalue weighted by molar-refractivity contribution is 0.222. The van der Waals surface area contributed by atoms with Crippen LogP contribution in [0.5, 0.6) is 5.75 Å². The van der Waals surface area contributed by atoms with Gasteiger partial charge in [0.15, 0.2) is 11.4 Å². The van der Waals surface area contributed by atoms with Crippen molar-refractivity contribution in [2.24, 2.45) is 0 Å². The van der Waals surface area contributed by atoms with Crippen molar-refractivity contribution in [1.29, 1.82) is 0 Å². The zero-order chi connectivity index (χ0) is 21.4. The molecule has 0 saturated carbocycles. The largest absolute Gasteiger partial charge is 0.478 e. The predicted octanol–water partition coefficient (Wildman–Crippen LogP) is 4.48. The summed E-state index contributed by atoms with van der Waals surface area (Å²) < 4.78 is 28.1. The molecule has 0 radical (unpaired) electrons. The molecule has 5 rings (SSSR count). The highest BCUT2D eigenvalue weighted by molar-refractivity contribution is 5.97. The van der Waals surface area contributed by atoms with E-state index in [9.17, 15) is 4.39 Å². The normalized spacial score (nSPS) is 15.9. The summed E-state index contributed by atoms with van der Waals surface area (Å²) in [5, 5.41) is 8.71. The second-order valence-corrected chi connectivity index (χ2v) is 7.84. The number of nitrogens with one attached hydrogen (secondary N) is 1. The summed E-state index contributed by atoms with van der Waals surface area (Å²) in [6.07, 6.45) is 8.76.